The predicted molar refractivity (Wildman–Crippen MR) is 106 cm³/mol. The first kappa shape index (κ1) is 16.6. The standard InChI is InChI=1S/C23H21FN2/c1-12-8-13(2)10-18(9-12)22-19-7-6-17-11-14(3)21(24)15(4)20(17)23(19)26-16(5)25-22/h6-11H,1-5H3. The molecule has 0 fully saturated rings. The molecule has 130 valence electrons. The molecule has 0 N–H and O–H groups in total. The van der Waals surface area contributed by atoms with Gasteiger partial charge in [-0.1, -0.05) is 23.3 Å². The Kier molecular flexibility index (Phi) is 3.76. The van der Waals surface area contributed by atoms with Crippen LogP contribution in [0, 0.1) is 40.4 Å². The second-order valence-corrected chi connectivity index (χ2v) is 7.19. The van der Waals surface area contributed by atoms with E-state index in [4.69, 9.17) is 4.98 Å². The molecule has 2 nitrogen and oxygen atoms in total. The highest BCUT2D eigenvalue weighted by atomic mass is 19.1. The lowest BCUT2D eigenvalue weighted by molar-refractivity contribution is 0.612. The third-order valence-electron chi connectivity index (χ3n) is 4.93. The minimum absolute atomic E-state index is 0.158. The van der Waals surface area contributed by atoms with Crippen LogP contribution in [-0.2, 0) is 0 Å². The predicted octanol–water partition coefficient (Wildman–Crippen LogP) is 6.13. The zero-order chi connectivity index (χ0) is 18.6. The first-order valence-electron chi connectivity index (χ1n) is 8.80. The van der Waals surface area contributed by atoms with Gasteiger partial charge in [-0.3, -0.25) is 0 Å². The molecule has 0 aliphatic carbocycles. The maximum absolute atomic E-state index is 14.6. The molecule has 3 heteroatoms. The van der Waals surface area contributed by atoms with Crippen molar-refractivity contribution in [3.05, 3.63) is 70.3 Å². The maximum Gasteiger partial charge on any atom is 0.129 e. The zero-order valence-electron chi connectivity index (χ0n) is 15.7. The van der Waals surface area contributed by atoms with Crippen molar-refractivity contribution in [1.29, 1.82) is 0 Å². The van der Waals surface area contributed by atoms with E-state index in [-0.39, 0.29) is 5.82 Å². The van der Waals surface area contributed by atoms with Gasteiger partial charge in [0, 0.05) is 16.3 Å². The Morgan fingerprint density at radius 3 is 2.19 bits per heavy atom. The fourth-order valence-electron chi connectivity index (χ4n) is 3.87. The van der Waals surface area contributed by atoms with Crippen LogP contribution in [-0.4, -0.2) is 9.97 Å². The molecule has 0 unspecified atom stereocenters. The molecule has 0 radical (unpaired) electrons. The molecule has 0 aliphatic rings. The third-order valence-corrected chi connectivity index (χ3v) is 4.93. The number of aromatic nitrogens is 2. The van der Waals surface area contributed by atoms with Crippen LogP contribution in [0.3, 0.4) is 0 Å². The normalized spacial score (nSPS) is 11.5. The van der Waals surface area contributed by atoms with Gasteiger partial charge in [0.15, 0.2) is 0 Å². The number of halogens is 1. The number of aryl methyl sites for hydroxylation is 5. The number of fused-ring (bicyclic) bond motifs is 3. The Balaban J connectivity index is 2.17. The Labute approximate surface area is 152 Å². The van der Waals surface area contributed by atoms with E-state index in [1.54, 1.807) is 6.92 Å². The molecule has 0 bridgehead atoms. The number of hydrogen-bond donors (Lipinski definition) is 0. The van der Waals surface area contributed by atoms with E-state index in [0.29, 0.717) is 17.0 Å². The summed E-state index contributed by atoms with van der Waals surface area (Å²) >= 11 is 0. The van der Waals surface area contributed by atoms with Crippen LogP contribution in [0.25, 0.3) is 32.9 Å². The minimum atomic E-state index is -0.158. The van der Waals surface area contributed by atoms with E-state index in [2.05, 4.69) is 43.1 Å². The van der Waals surface area contributed by atoms with Gasteiger partial charge in [0.1, 0.15) is 11.6 Å². The SMILES string of the molecule is Cc1cc(C)cc(-c2nc(C)nc3c2ccc2cc(C)c(F)c(C)c23)c1. The summed E-state index contributed by atoms with van der Waals surface area (Å²) in [5.74, 6) is 0.536. The molecular formula is C23H21FN2. The van der Waals surface area contributed by atoms with Crippen molar-refractivity contribution >= 4 is 21.7 Å². The molecular weight excluding hydrogens is 323 g/mol. The summed E-state index contributed by atoms with van der Waals surface area (Å²) in [6.45, 7) is 9.70. The van der Waals surface area contributed by atoms with Gasteiger partial charge in [-0.2, -0.15) is 0 Å². The molecule has 0 amide bonds. The first-order chi connectivity index (χ1) is 12.3. The van der Waals surface area contributed by atoms with Gasteiger partial charge in [0.05, 0.1) is 11.2 Å². The molecule has 4 aromatic rings. The summed E-state index contributed by atoms with van der Waals surface area (Å²) in [5.41, 5.74) is 6.50. The van der Waals surface area contributed by atoms with Crippen molar-refractivity contribution in [1.82, 2.24) is 9.97 Å². The number of rotatable bonds is 1. The van der Waals surface area contributed by atoms with E-state index in [1.807, 2.05) is 26.0 Å². The summed E-state index contributed by atoms with van der Waals surface area (Å²) in [6, 6.07) is 12.4. The van der Waals surface area contributed by atoms with Crippen molar-refractivity contribution in [2.24, 2.45) is 0 Å². The van der Waals surface area contributed by atoms with Crippen molar-refractivity contribution < 1.29 is 4.39 Å². The molecule has 0 saturated heterocycles. The Hall–Kier alpha value is -2.81. The minimum Gasteiger partial charge on any atom is -0.233 e. The van der Waals surface area contributed by atoms with Gasteiger partial charge < -0.3 is 0 Å². The highest BCUT2D eigenvalue weighted by Crippen LogP contribution is 2.34. The lowest BCUT2D eigenvalue weighted by Crippen LogP contribution is -1.98. The topological polar surface area (TPSA) is 25.8 Å². The molecule has 1 heterocycles. The van der Waals surface area contributed by atoms with Crippen LogP contribution in [0.5, 0.6) is 0 Å². The van der Waals surface area contributed by atoms with Gasteiger partial charge in [-0.05, 0) is 75.4 Å². The largest absolute Gasteiger partial charge is 0.233 e. The Bertz CT molecular complexity index is 1170. The van der Waals surface area contributed by atoms with E-state index < -0.39 is 0 Å². The van der Waals surface area contributed by atoms with Crippen molar-refractivity contribution in [3.63, 3.8) is 0 Å². The fourth-order valence-corrected chi connectivity index (χ4v) is 3.87. The molecule has 26 heavy (non-hydrogen) atoms. The number of benzene rings is 3. The second-order valence-electron chi connectivity index (χ2n) is 7.19. The van der Waals surface area contributed by atoms with Crippen LogP contribution < -0.4 is 0 Å². The first-order valence-corrected chi connectivity index (χ1v) is 8.80. The quantitative estimate of drug-likeness (QED) is 0.388. The van der Waals surface area contributed by atoms with Gasteiger partial charge in [-0.25, -0.2) is 14.4 Å². The van der Waals surface area contributed by atoms with Gasteiger partial charge in [-0.15, -0.1) is 0 Å². The molecule has 1 aromatic heterocycles. The smallest absolute Gasteiger partial charge is 0.129 e. The van der Waals surface area contributed by atoms with E-state index in [1.165, 1.54) is 11.1 Å². The molecule has 4 rings (SSSR count). The summed E-state index contributed by atoms with van der Waals surface area (Å²) in [7, 11) is 0. The summed E-state index contributed by atoms with van der Waals surface area (Å²) < 4.78 is 14.6. The van der Waals surface area contributed by atoms with Crippen LogP contribution in [0.1, 0.15) is 28.1 Å². The van der Waals surface area contributed by atoms with Crippen LogP contribution in [0.15, 0.2) is 36.4 Å². The highest BCUT2D eigenvalue weighted by molar-refractivity contribution is 6.10. The lowest BCUT2D eigenvalue weighted by Gasteiger charge is -2.13. The van der Waals surface area contributed by atoms with Crippen molar-refractivity contribution in [3.8, 4) is 11.3 Å². The van der Waals surface area contributed by atoms with Gasteiger partial charge in [0.25, 0.3) is 0 Å². The Morgan fingerprint density at radius 2 is 1.50 bits per heavy atom. The number of nitrogens with zero attached hydrogens (tertiary/aromatic N) is 2. The van der Waals surface area contributed by atoms with Crippen LogP contribution in [0.2, 0.25) is 0 Å². The summed E-state index contributed by atoms with van der Waals surface area (Å²) in [6.07, 6.45) is 0. The summed E-state index contributed by atoms with van der Waals surface area (Å²) in [4.78, 5) is 9.41. The zero-order valence-corrected chi connectivity index (χ0v) is 15.7. The average molecular weight is 344 g/mol. The molecule has 0 aliphatic heterocycles. The van der Waals surface area contributed by atoms with Crippen LogP contribution in [0.4, 0.5) is 4.39 Å². The molecule has 0 spiro atoms. The highest BCUT2D eigenvalue weighted by Gasteiger charge is 2.15. The van der Waals surface area contributed by atoms with Gasteiger partial charge in [0.2, 0.25) is 0 Å². The van der Waals surface area contributed by atoms with Crippen molar-refractivity contribution in [2.45, 2.75) is 34.6 Å². The monoisotopic (exact) mass is 344 g/mol. The summed E-state index contributed by atoms with van der Waals surface area (Å²) in [5, 5.41) is 2.85. The van der Waals surface area contributed by atoms with E-state index in [9.17, 15) is 4.39 Å². The fraction of sp³-hybridized carbons (Fsp3) is 0.217. The average Bonchev–Trinajstić information content (AvgIpc) is 2.57. The van der Waals surface area contributed by atoms with Crippen LogP contribution >= 0.6 is 0 Å². The Morgan fingerprint density at radius 1 is 0.808 bits per heavy atom. The molecule has 3 aromatic carbocycles. The van der Waals surface area contributed by atoms with Crippen molar-refractivity contribution in [2.75, 3.05) is 0 Å². The molecule has 0 atom stereocenters. The van der Waals surface area contributed by atoms with Gasteiger partial charge >= 0.3 is 0 Å². The second kappa shape index (κ2) is 5.87. The van der Waals surface area contributed by atoms with E-state index in [0.717, 1.165) is 32.9 Å². The lowest BCUT2D eigenvalue weighted by atomic mass is 9.96. The third kappa shape index (κ3) is 2.55. The molecule has 0 saturated carbocycles. The van der Waals surface area contributed by atoms with E-state index >= 15 is 0 Å². The number of hydrogen-bond acceptors (Lipinski definition) is 2. The maximum atomic E-state index is 14.6.